The summed E-state index contributed by atoms with van der Waals surface area (Å²) in [6.07, 6.45) is 1.42. The number of carbonyl (C=O) groups is 2. The summed E-state index contributed by atoms with van der Waals surface area (Å²) in [5.41, 5.74) is 0.993. The first kappa shape index (κ1) is 21.0. The monoisotopic (exact) mass is 444 g/mol. The summed E-state index contributed by atoms with van der Waals surface area (Å²) in [6.45, 7) is 1.89. The number of anilines is 1. The number of carboxylic acids is 1. The summed E-state index contributed by atoms with van der Waals surface area (Å²) in [7, 11) is 0. The van der Waals surface area contributed by atoms with E-state index in [0.717, 1.165) is 0 Å². The van der Waals surface area contributed by atoms with E-state index in [1.54, 1.807) is 42.5 Å². The standard InChI is InChI=1S/C20H17BrN2O5/c1-2-27-16-5-3-4-15(10-16)23-20(26)14(11-22)8-13-6-7-18(17(21)9-13)28-12-19(24)25/h3-10H,2,12H2,1H3,(H,23,26)(H,24,25)/b14-8-. The zero-order valence-electron chi connectivity index (χ0n) is 14.9. The second-order valence-electron chi connectivity index (χ2n) is 5.46. The van der Waals surface area contributed by atoms with Gasteiger partial charge in [0, 0.05) is 11.8 Å². The Bertz CT molecular complexity index is 950. The molecule has 144 valence electrons. The minimum Gasteiger partial charge on any atom is -0.494 e. The molecule has 0 unspecified atom stereocenters. The third-order valence-electron chi connectivity index (χ3n) is 3.39. The Labute approximate surface area is 170 Å². The number of nitrogens with zero attached hydrogens (tertiary/aromatic N) is 1. The summed E-state index contributed by atoms with van der Waals surface area (Å²) in [4.78, 5) is 23.0. The van der Waals surface area contributed by atoms with Gasteiger partial charge in [0.15, 0.2) is 6.61 Å². The van der Waals surface area contributed by atoms with Gasteiger partial charge in [-0.15, -0.1) is 0 Å². The first-order valence-corrected chi connectivity index (χ1v) is 9.02. The molecule has 0 saturated carbocycles. The Kier molecular flexibility index (Phi) is 7.60. The largest absolute Gasteiger partial charge is 0.494 e. The summed E-state index contributed by atoms with van der Waals surface area (Å²) in [6, 6.07) is 13.5. The molecule has 8 heteroatoms. The highest BCUT2D eigenvalue weighted by molar-refractivity contribution is 9.10. The van der Waals surface area contributed by atoms with Crippen LogP contribution in [0, 0.1) is 11.3 Å². The molecule has 0 saturated heterocycles. The number of carboxylic acid groups (broad SMARTS) is 1. The normalized spacial score (nSPS) is 10.7. The number of aliphatic carboxylic acids is 1. The minimum atomic E-state index is -1.09. The molecule has 2 rings (SSSR count). The van der Waals surface area contributed by atoms with Gasteiger partial charge in [0.2, 0.25) is 0 Å². The molecule has 7 nitrogen and oxygen atoms in total. The average molecular weight is 445 g/mol. The molecule has 0 aliphatic carbocycles. The molecule has 2 N–H and O–H groups in total. The van der Waals surface area contributed by atoms with Crippen molar-refractivity contribution >= 4 is 39.6 Å². The van der Waals surface area contributed by atoms with Crippen molar-refractivity contribution < 1.29 is 24.2 Å². The maximum atomic E-state index is 12.4. The molecule has 0 heterocycles. The number of ether oxygens (including phenoxy) is 2. The number of nitrogens with one attached hydrogen (secondary N) is 1. The Morgan fingerprint density at radius 1 is 1.25 bits per heavy atom. The van der Waals surface area contributed by atoms with Gasteiger partial charge in [-0.05, 0) is 58.8 Å². The van der Waals surface area contributed by atoms with Crippen molar-refractivity contribution in [3.8, 4) is 17.6 Å². The lowest BCUT2D eigenvalue weighted by Crippen LogP contribution is -2.13. The number of nitriles is 1. The summed E-state index contributed by atoms with van der Waals surface area (Å²) < 4.78 is 11.0. The Hall–Kier alpha value is -3.31. The molecule has 28 heavy (non-hydrogen) atoms. The highest BCUT2D eigenvalue weighted by Gasteiger charge is 2.11. The van der Waals surface area contributed by atoms with Crippen molar-refractivity contribution in [2.45, 2.75) is 6.92 Å². The van der Waals surface area contributed by atoms with Crippen molar-refractivity contribution in [1.82, 2.24) is 0 Å². The zero-order valence-corrected chi connectivity index (χ0v) is 16.5. The topological polar surface area (TPSA) is 109 Å². The lowest BCUT2D eigenvalue weighted by molar-refractivity contribution is -0.139. The van der Waals surface area contributed by atoms with Crippen molar-refractivity contribution in [3.05, 3.63) is 58.1 Å². The predicted octanol–water partition coefficient (Wildman–Crippen LogP) is 3.86. The molecule has 0 aliphatic rings. The molecular weight excluding hydrogens is 428 g/mol. The maximum absolute atomic E-state index is 12.4. The van der Waals surface area contributed by atoms with Crippen molar-refractivity contribution in [2.75, 3.05) is 18.5 Å². The van der Waals surface area contributed by atoms with Gasteiger partial charge in [-0.2, -0.15) is 5.26 Å². The number of carbonyl (C=O) groups excluding carboxylic acids is 1. The maximum Gasteiger partial charge on any atom is 0.341 e. The second-order valence-corrected chi connectivity index (χ2v) is 6.31. The fourth-order valence-corrected chi connectivity index (χ4v) is 2.72. The van der Waals surface area contributed by atoms with Crippen LogP contribution in [0.2, 0.25) is 0 Å². The van der Waals surface area contributed by atoms with Crippen LogP contribution in [0.5, 0.6) is 11.5 Å². The summed E-state index contributed by atoms with van der Waals surface area (Å²) in [5.74, 6) is -0.690. The molecule has 0 bridgehead atoms. The van der Waals surface area contributed by atoms with E-state index in [2.05, 4.69) is 21.2 Å². The SMILES string of the molecule is CCOc1cccc(NC(=O)/C(C#N)=C\c2ccc(OCC(=O)O)c(Br)c2)c1. The molecule has 0 radical (unpaired) electrons. The summed E-state index contributed by atoms with van der Waals surface area (Å²) >= 11 is 3.28. The van der Waals surface area contributed by atoms with Crippen LogP contribution in [0.1, 0.15) is 12.5 Å². The molecule has 0 atom stereocenters. The number of benzene rings is 2. The summed E-state index contributed by atoms with van der Waals surface area (Å²) in [5, 5.41) is 20.7. The lowest BCUT2D eigenvalue weighted by Gasteiger charge is -2.08. The zero-order chi connectivity index (χ0) is 20.5. The van der Waals surface area contributed by atoms with E-state index < -0.39 is 18.5 Å². The van der Waals surface area contributed by atoms with Crippen LogP contribution in [-0.4, -0.2) is 30.2 Å². The van der Waals surface area contributed by atoms with Crippen LogP contribution in [-0.2, 0) is 9.59 Å². The van der Waals surface area contributed by atoms with Gasteiger partial charge in [0.25, 0.3) is 5.91 Å². The van der Waals surface area contributed by atoms with Crippen LogP contribution >= 0.6 is 15.9 Å². The van der Waals surface area contributed by atoms with Gasteiger partial charge in [0.1, 0.15) is 23.1 Å². The van der Waals surface area contributed by atoms with E-state index in [1.807, 2.05) is 13.0 Å². The first-order chi connectivity index (χ1) is 13.4. The van der Waals surface area contributed by atoms with Crippen LogP contribution in [0.4, 0.5) is 5.69 Å². The number of amides is 1. The highest BCUT2D eigenvalue weighted by atomic mass is 79.9. The smallest absolute Gasteiger partial charge is 0.341 e. The van der Waals surface area contributed by atoms with Crippen molar-refractivity contribution in [3.63, 3.8) is 0 Å². The highest BCUT2D eigenvalue weighted by Crippen LogP contribution is 2.27. The molecular formula is C20H17BrN2O5. The third-order valence-corrected chi connectivity index (χ3v) is 4.01. The first-order valence-electron chi connectivity index (χ1n) is 8.23. The number of halogens is 1. The van der Waals surface area contributed by atoms with Crippen LogP contribution < -0.4 is 14.8 Å². The fourth-order valence-electron chi connectivity index (χ4n) is 2.21. The van der Waals surface area contributed by atoms with E-state index in [1.165, 1.54) is 6.08 Å². The van der Waals surface area contributed by atoms with Crippen LogP contribution in [0.25, 0.3) is 6.08 Å². The molecule has 1 amide bonds. The van der Waals surface area contributed by atoms with Gasteiger partial charge in [-0.3, -0.25) is 4.79 Å². The van der Waals surface area contributed by atoms with Gasteiger partial charge in [-0.25, -0.2) is 4.79 Å². The third kappa shape index (κ3) is 6.14. The second kappa shape index (κ2) is 10.1. The van der Waals surface area contributed by atoms with E-state index in [4.69, 9.17) is 14.6 Å². The lowest BCUT2D eigenvalue weighted by atomic mass is 10.1. The molecule has 0 fully saturated rings. The molecule has 0 aliphatic heterocycles. The molecule has 2 aromatic rings. The number of hydrogen-bond acceptors (Lipinski definition) is 5. The Morgan fingerprint density at radius 2 is 2.04 bits per heavy atom. The van der Waals surface area contributed by atoms with Gasteiger partial charge in [0.05, 0.1) is 11.1 Å². The van der Waals surface area contributed by atoms with E-state index >= 15 is 0 Å². The molecule has 0 spiro atoms. The quantitative estimate of drug-likeness (QED) is 0.472. The van der Waals surface area contributed by atoms with Crippen LogP contribution in [0.15, 0.2) is 52.5 Å². The van der Waals surface area contributed by atoms with E-state index in [0.29, 0.717) is 33.8 Å². The van der Waals surface area contributed by atoms with Crippen molar-refractivity contribution in [1.29, 1.82) is 5.26 Å². The van der Waals surface area contributed by atoms with E-state index in [9.17, 15) is 14.9 Å². The Morgan fingerprint density at radius 3 is 2.68 bits per heavy atom. The van der Waals surface area contributed by atoms with E-state index in [-0.39, 0.29) is 5.57 Å². The van der Waals surface area contributed by atoms with Gasteiger partial charge in [-0.1, -0.05) is 12.1 Å². The Balaban J connectivity index is 2.15. The predicted molar refractivity (Wildman–Crippen MR) is 107 cm³/mol. The molecule has 0 aromatic heterocycles. The average Bonchev–Trinajstić information content (AvgIpc) is 2.65. The minimum absolute atomic E-state index is 0.0899. The number of hydrogen-bond donors (Lipinski definition) is 2. The van der Waals surface area contributed by atoms with Gasteiger partial charge < -0.3 is 19.9 Å². The number of rotatable bonds is 8. The molecule has 2 aromatic carbocycles. The van der Waals surface area contributed by atoms with Crippen molar-refractivity contribution in [2.24, 2.45) is 0 Å². The van der Waals surface area contributed by atoms with Crippen LogP contribution in [0.3, 0.4) is 0 Å². The van der Waals surface area contributed by atoms with Gasteiger partial charge >= 0.3 is 5.97 Å². The fraction of sp³-hybridized carbons (Fsp3) is 0.150.